The molecule has 0 atom stereocenters. The number of allylic oxidation sites excluding steroid dienone is 1. The average molecular weight is 374 g/mol. The number of aryl methyl sites for hydroxylation is 1. The molecule has 1 aromatic heterocycles. The van der Waals surface area contributed by atoms with Crippen LogP contribution in [0, 0.1) is 17.0 Å². The lowest BCUT2D eigenvalue weighted by atomic mass is 10.1. The van der Waals surface area contributed by atoms with Crippen LogP contribution >= 0.6 is 0 Å². The predicted molar refractivity (Wildman–Crippen MR) is 106 cm³/mol. The van der Waals surface area contributed by atoms with Gasteiger partial charge in [-0.25, -0.2) is 0 Å². The molecule has 0 aliphatic heterocycles. The van der Waals surface area contributed by atoms with Crippen molar-refractivity contribution in [1.29, 1.82) is 0 Å². The van der Waals surface area contributed by atoms with E-state index >= 15 is 0 Å². The Morgan fingerprint density at radius 2 is 1.82 bits per heavy atom. The van der Waals surface area contributed by atoms with Crippen LogP contribution in [0.4, 0.5) is 5.69 Å². The van der Waals surface area contributed by atoms with E-state index in [9.17, 15) is 14.9 Å². The minimum absolute atomic E-state index is 0.0602. The standard InChI is InChI=1S/C22H18N2O4/c1-16-2-6-19(14-21(16)24(26)27)22(25)9-5-17-3-7-20(8-4-17)28-15-18-10-12-23-13-11-18/h2-14H,15H2,1H3/b9-5+. The SMILES string of the molecule is Cc1ccc(C(=O)/C=C/c2ccc(OCc3ccncc3)cc2)cc1[N+](=O)[O-]. The van der Waals surface area contributed by atoms with Gasteiger partial charge in [0.15, 0.2) is 5.78 Å². The zero-order chi connectivity index (χ0) is 19.9. The van der Waals surface area contributed by atoms with Crippen molar-refractivity contribution in [1.82, 2.24) is 4.98 Å². The Morgan fingerprint density at radius 1 is 1.11 bits per heavy atom. The van der Waals surface area contributed by atoms with Crippen LogP contribution in [0.2, 0.25) is 0 Å². The zero-order valence-electron chi connectivity index (χ0n) is 15.2. The number of benzene rings is 2. The zero-order valence-corrected chi connectivity index (χ0v) is 15.2. The van der Waals surface area contributed by atoms with Gasteiger partial charge < -0.3 is 4.74 Å². The molecule has 6 nitrogen and oxygen atoms in total. The monoisotopic (exact) mass is 374 g/mol. The first kappa shape index (κ1) is 19.0. The van der Waals surface area contributed by atoms with Crippen molar-refractivity contribution in [2.24, 2.45) is 0 Å². The molecule has 3 aromatic rings. The van der Waals surface area contributed by atoms with Gasteiger partial charge in [0.25, 0.3) is 5.69 Å². The number of pyridine rings is 1. The summed E-state index contributed by atoms with van der Waals surface area (Å²) >= 11 is 0. The molecule has 0 aliphatic carbocycles. The summed E-state index contributed by atoms with van der Waals surface area (Å²) in [5.74, 6) is 0.426. The fraction of sp³-hybridized carbons (Fsp3) is 0.0909. The van der Waals surface area contributed by atoms with Gasteiger partial charge >= 0.3 is 0 Å². The fourth-order valence-corrected chi connectivity index (χ4v) is 2.55. The van der Waals surface area contributed by atoms with E-state index in [-0.39, 0.29) is 17.0 Å². The van der Waals surface area contributed by atoms with Gasteiger partial charge in [0.2, 0.25) is 0 Å². The summed E-state index contributed by atoms with van der Waals surface area (Å²) < 4.78 is 5.71. The quantitative estimate of drug-likeness (QED) is 0.257. The number of carbonyl (C=O) groups excluding carboxylic acids is 1. The lowest BCUT2D eigenvalue weighted by Crippen LogP contribution is -1.98. The van der Waals surface area contributed by atoms with Crippen LogP contribution in [0.15, 0.2) is 73.1 Å². The summed E-state index contributed by atoms with van der Waals surface area (Å²) in [6.45, 7) is 2.09. The summed E-state index contributed by atoms with van der Waals surface area (Å²) in [5, 5.41) is 11.0. The van der Waals surface area contributed by atoms with E-state index in [0.717, 1.165) is 16.9 Å². The van der Waals surface area contributed by atoms with Gasteiger partial charge in [-0.3, -0.25) is 19.9 Å². The van der Waals surface area contributed by atoms with E-state index in [2.05, 4.69) is 4.98 Å². The maximum atomic E-state index is 12.3. The Bertz CT molecular complexity index is 1010. The lowest BCUT2D eigenvalue weighted by molar-refractivity contribution is -0.385. The van der Waals surface area contributed by atoms with Gasteiger partial charge in [-0.05, 0) is 48.4 Å². The normalized spacial score (nSPS) is 10.8. The molecule has 6 heteroatoms. The molecule has 28 heavy (non-hydrogen) atoms. The third-order valence-corrected chi connectivity index (χ3v) is 4.15. The van der Waals surface area contributed by atoms with E-state index in [4.69, 9.17) is 4.74 Å². The Kier molecular flexibility index (Phi) is 5.91. The highest BCUT2D eigenvalue weighted by Crippen LogP contribution is 2.20. The molecule has 0 N–H and O–H groups in total. The van der Waals surface area contributed by atoms with Crippen LogP contribution in [0.25, 0.3) is 6.08 Å². The number of hydrogen-bond donors (Lipinski definition) is 0. The van der Waals surface area contributed by atoms with E-state index in [1.54, 1.807) is 37.5 Å². The van der Waals surface area contributed by atoms with Crippen LogP contribution in [-0.2, 0) is 6.61 Å². The topological polar surface area (TPSA) is 82.3 Å². The predicted octanol–water partition coefficient (Wildman–Crippen LogP) is 4.77. The molecule has 1 heterocycles. The minimum atomic E-state index is -0.486. The van der Waals surface area contributed by atoms with Crippen molar-refractivity contribution in [2.75, 3.05) is 0 Å². The van der Waals surface area contributed by atoms with Crippen molar-refractivity contribution in [3.8, 4) is 5.75 Å². The van der Waals surface area contributed by atoms with E-state index in [1.807, 2.05) is 36.4 Å². The summed E-state index contributed by atoms with van der Waals surface area (Å²) in [4.78, 5) is 26.8. The highest BCUT2D eigenvalue weighted by atomic mass is 16.6. The molecule has 3 rings (SSSR count). The Labute approximate surface area is 162 Å². The second kappa shape index (κ2) is 8.73. The van der Waals surface area contributed by atoms with Crippen LogP contribution in [-0.4, -0.2) is 15.7 Å². The molecular formula is C22H18N2O4. The number of ketones is 1. The fourth-order valence-electron chi connectivity index (χ4n) is 2.55. The lowest BCUT2D eigenvalue weighted by Gasteiger charge is -2.06. The first-order valence-electron chi connectivity index (χ1n) is 8.62. The average Bonchev–Trinajstić information content (AvgIpc) is 2.72. The van der Waals surface area contributed by atoms with Crippen molar-refractivity contribution in [2.45, 2.75) is 13.5 Å². The first-order valence-corrected chi connectivity index (χ1v) is 8.62. The van der Waals surface area contributed by atoms with E-state index in [1.165, 1.54) is 12.1 Å². The molecular weight excluding hydrogens is 356 g/mol. The summed E-state index contributed by atoms with van der Waals surface area (Å²) in [7, 11) is 0. The molecule has 0 fully saturated rings. The summed E-state index contributed by atoms with van der Waals surface area (Å²) in [6, 6.07) is 15.6. The van der Waals surface area contributed by atoms with Crippen molar-refractivity contribution >= 4 is 17.5 Å². The number of nitrogens with zero attached hydrogens (tertiary/aromatic N) is 2. The van der Waals surface area contributed by atoms with Crippen molar-refractivity contribution in [3.63, 3.8) is 0 Å². The van der Waals surface area contributed by atoms with E-state index < -0.39 is 4.92 Å². The van der Waals surface area contributed by atoms with Crippen molar-refractivity contribution < 1.29 is 14.5 Å². The number of nitro benzene ring substituents is 1. The number of nitro groups is 1. The smallest absolute Gasteiger partial charge is 0.273 e. The van der Waals surface area contributed by atoms with Gasteiger partial charge in [-0.15, -0.1) is 0 Å². The highest BCUT2D eigenvalue weighted by molar-refractivity contribution is 6.07. The van der Waals surface area contributed by atoms with Crippen LogP contribution < -0.4 is 4.74 Å². The third-order valence-electron chi connectivity index (χ3n) is 4.15. The molecule has 0 aliphatic rings. The van der Waals surface area contributed by atoms with Crippen LogP contribution in [0.5, 0.6) is 5.75 Å². The first-order chi connectivity index (χ1) is 13.5. The summed E-state index contributed by atoms with van der Waals surface area (Å²) in [5.41, 5.74) is 2.59. The van der Waals surface area contributed by atoms with Gasteiger partial charge in [0, 0.05) is 29.6 Å². The van der Waals surface area contributed by atoms with Crippen LogP contribution in [0.3, 0.4) is 0 Å². The molecule has 140 valence electrons. The van der Waals surface area contributed by atoms with E-state index in [0.29, 0.717) is 12.2 Å². The van der Waals surface area contributed by atoms with Crippen LogP contribution in [0.1, 0.15) is 27.0 Å². The molecule has 0 unspecified atom stereocenters. The third kappa shape index (κ3) is 4.88. The van der Waals surface area contributed by atoms with Crippen molar-refractivity contribution in [3.05, 3.63) is 105 Å². The number of ether oxygens (including phenoxy) is 1. The maximum absolute atomic E-state index is 12.3. The minimum Gasteiger partial charge on any atom is -0.489 e. The molecule has 0 spiro atoms. The number of aromatic nitrogens is 1. The summed E-state index contributed by atoms with van der Waals surface area (Å²) in [6.07, 6.45) is 6.50. The van der Waals surface area contributed by atoms with Gasteiger partial charge in [0.1, 0.15) is 12.4 Å². The Morgan fingerprint density at radius 3 is 2.50 bits per heavy atom. The van der Waals surface area contributed by atoms with Gasteiger partial charge in [-0.1, -0.05) is 30.3 Å². The van der Waals surface area contributed by atoms with Gasteiger partial charge in [-0.2, -0.15) is 0 Å². The largest absolute Gasteiger partial charge is 0.489 e. The molecule has 0 bridgehead atoms. The maximum Gasteiger partial charge on any atom is 0.273 e. The number of rotatable bonds is 7. The molecule has 0 radical (unpaired) electrons. The number of carbonyl (C=O) groups is 1. The molecule has 0 amide bonds. The second-order valence-electron chi connectivity index (χ2n) is 6.17. The van der Waals surface area contributed by atoms with Gasteiger partial charge in [0.05, 0.1) is 4.92 Å². The molecule has 0 saturated carbocycles. The Hall–Kier alpha value is -3.80. The Balaban J connectivity index is 1.63. The molecule has 0 saturated heterocycles. The number of hydrogen-bond acceptors (Lipinski definition) is 5. The highest BCUT2D eigenvalue weighted by Gasteiger charge is 2.13. The second-order valence-corrected chi connectivity index (χ2v) is 6.17. The molecule has 2 aromatic carbocycles.